The number of fused-ring (bicyclic) bond motifs is 2. The van der Waals surface area contributed by atoms with E-state index in [-0.39, 0.29) is 73.3 Å². The van der Waals surface area contributed by atoms with Crippen molar-refractivity contribution in [3.05, 3.63) is 96.1 Å². The van der Waals surface area contributed by atoms with Gasteiger partial charge in [0.2, 0.25) is 0 Å². The minimum Gasteiger partial charge on any atom is -0.462 e. The molecule has 0 spiro atoms. The maximum absolute atomic E-state index is 13.6. The van der Waals surface area contributed by atoms with Crippen LogP contribution in [0.1, 0.15) is 48.4 Å². The van der Waals surface area contributed by atoms with Gasteiger partial charge < -0.3 is 39.1 Å². The van der Waals surface area contributed by atoms with Gasteiger partial charge in [0, 0.05) is 23.3 Å². The zero-order valence-electron chi connectivity index (χ0n) is 30.2. The standard InChI is InChI=1S/C40H40N2O12/c1-5-13-31(43)51-21-19-41-39(47)53-35-29(37(45)49-7-3)23-25-15-9-11-17-27(25)33(35)34-28-18-12-10-16-26(28)24-30(38(46)50-8-4)36(34)54-40(48)42-20-22-52-32(44)14-6-2/h5-6,9-18,23-24H,7-8,19-22H2,1-4H3,(H,41,47)(H,42,48). The highest BCUT2D eigenvalue weighted by atomic mass is 16.6. The first-order chi connectivity index (χ1) is 26.1. The smallest absolute Gasteiger partial charge is 0.412 e. The Balaban J connectivity index is 1.96. The van der Waals surface area contributed by atoms with Crippen LogP contribution in [0.5, 0.6) is 11.5 Å². The molecule has 4 aromatic rings. The topological polar surface area (TPSA) is 182 Å². The number of carbonyl (C=O) groups is 6. The molecule has 0 saturated carbocycles. The maximum atomic E-state index is 13.6. The summed E-state index contributed by atoms with van der Waals surface area (Å²) in [5, 5.41) is 6.93. The Morgan fingerprint density at radius 2 is 0.963 bits per heavy atom. The molecule has 14 heteroatoms. The van der Waals surface area contributed by atoms with Gasteiger partial charge in [-0.05, 0) is 61.4 Å². The van der Waals surface area contributed by atoms with E-state index < -0.39 is 36.1 Å². The molecule has 0 heterocycles. The fraction of sp³-hybridized carbons (Fsp3) is 0.250. The van der Waals surface area contributed by atoms with Crippen LogP contribution in [0.15, 0.2) is 85.0 Å². The molecular formula is C40H40N2O12. The zero-order valence-corrected chi connectivity index (χ0v) is 30.2. The van der Waals surface area contributed by atoms with Gasteiger partial charge in [0.1, 0.15) is 24.3 Å². The molecule has 54 heavy (non-hydrogen) atoms. The first kappa shape index (κ1) is 40.1. The quantitative estimate of drug-likeness (QED) is 0.0591. The summed E-state index contributed by atoms with van der Waals surface area (Å²) in [6.45, 7) is 5.88. The summed E-state index contributed by atoms with van der Waals surface area (Å²) >= 11 is 0. The van der Waals surface area contributed by atoms with Crippen LogP contribution < -0.4 is 20.1 Å². The molecule has 0 fully saturated rings. The minimum atomic E-state index is -1.02. The van der Waals surface area contributed by atoms with E-state index in [9.17, 15) is 28.8 Å². The molecule has 0 aliphatic carbocycles. The number of benzene rings is 4. The summed E-state index contributed by atoms with van der Waals surface area (Å²) in [4.78, 5) is 77.5. The molecule has 0 aromatic heterocycles. The summed E-state index contributed by atoms with van der Waals surface area (Å²) in [5.74, 6) is -3.41. The van der Waals surface area contributed by atoms with Gasteiger partial charge in [-0.25, -0.2) is 28.8 Å². The van der Waals surface area contributed by atoms with Crippen molar-refractivity contribution in [2.45, 2.75) is 27.7 Å². The summed E-state index contributed by atoms with van der Waals surface area (Å²) in [6, 6.07) is 16.8. The van der Waals surface area contributed by atoms with Crippen LogP contribution in [0.4, 0.5) is 9.59 Å². The van der Waals surface area contributed by atoms with Crippen LogP contribution >= 0.6 is 0 Å². The van der Waals surface area contributed by atoms with Crippen LogP contribution in [0, 0.1) is 0 Å². The van der Waals surface area contributed by atoms with E-state index in [1.165, 1.54) is 36.4 Å². The maximum Gasteiger partial charge on any atom is 0.412 e. The van der Waals surface area contributed by atoms with Gasteiger partial charge in [0.05, 0.1) is 26.3 Å². The zero-order chi connectivity index (χ0) is 39.0. The molecule has 0 atom stereocenters. The third-order valence-electron chi connectivity index (χ3n) is 7.47. The fourth-order valence-electron chi connectivity index (χ4n) is 5.32. The van der Waals surface area contributed by atoms with Crippen LogP contribution in [0.25, 0.3) is 32.7 Å². The van der Waals surface area contributed by atoms with Crippen molar-refractivity contribution in [3.8, 4) is 22.6 Å². The average Bonchev–Trinajstić information content (AvgIpc) is 3.15. The third-order valence-corrected chi connectivity index (χ3v) is 7.47. The first-order valence-corrected chi connectivity index (χ1v) is 17.1. The number of nitrogens with one attached hydrogen (secondary N) is 2. The number of ether oxygens (including phenoxy) is 6. The van der Waals surface area contributed by atoms with Crippen LogP contribution in [-0.2, 0) is 28.5 Å². The third kappa shape index (κ3) is 10.2. The molecule has 4 aromatic carbocycles. The minimum absolute atomic E-state index is 0.00987. The highest BCUT2D eigenvalue weighted by molar-refractivity contribution is 6.16. The van der Waals surface area contributed by atoms with E-state index in [1.54, 1.807) is 76.2 Å². The predicted molar refractivity (Wildman–Crippen MR) is 198 cm³/mol. The number of amides is 2. The molecule has 0 saturated heterocycles. The lowest BCUT2D eigenvalue weighted by Gasteiger charge is -2.22. The molecule has 2 N–H and O–H groups in total. The number of hydrogen-bond acceptors (Lipinski definition) is 12. The lowest BCUT2D eigenvalue weighted by molar-refractivity contribution is -0.138. The second-order valence-corrected chi connectivity index (χ2v) is 11.1. The number of allylic oxidation sites excluding steroid dienone is 2. The number of esters is 4. The van der Waals surface area contributed by atoms with E-state index in [0.29, 0.717) is 21.5 Å². The normalized spacial score (nSPS) is 11.0. The van der Waals surface area contributed by atoms with Crippen LogP contribution in [0.2, 0.25) is 0 Å². The number of rotatable bonds is 15. The Bertz CT molecular complexity index is 1950. The predicted octanol–water partition coefficient (Wildman–Crippen LogP) is 6.43. The second kappa shape index (κ2) is 19.8. The SMILES string of the molecule is CC=CC(=O)OCCNC(=O)Oc1c(C(=O)OCC)cc2ccccc2c1-c1c(OC(=O)NCCOC(=O)C=CC)c(C(=O)OCC)cc2ccccc12. The van der Waals surface area contributed by atoms with Crippen molar-refractivity contribution in [3.63, 3.8) is 0 Å². The Labute approximate surface area is 311 Å². The fourth-order valence-corrected chi connectivity index (χ4v) is 5.32. The largest absolute Gasteiger partial charge is 0.462 e. The van der Waals surface area contributed by atoms with Gasteiger partial charge in [0.15, 0.2) is 11.5 Å². The van der Waals surface area contributed by atoms with Gasteiger partial charge in [-0.2, -0.15) is 0 Å². The Hall–Kier alpha value is -6.70. The second-order valence-electron chi connectivity index (χ2n) is 11.1. The summed E-state index contributed by atoms with van der Waals surface area (Å²) in [6.07, 6.45) is 3.43. The molecule has 14 nitrogen and oxygen atoms in total. The van der Waals surface area contributed by atoms with E-state index in [0.717, 1.165) is 0 Å². The molecule has 4 rings (SSSR count). The first-order valence-electron chi connectivity index (χ1n) is 17.1. The highest BCUT2D eigenvalue weighted by Gasteiger charge is 2.31. The highest BCUT2D eigenvalue weighted by Crippen LogP contribution is 2.49. The molecule has 0 aliphatic rings. The molecule has 2 amide bonds. The Morgan fingerprint density at radius 1 is 0.574 bits per heavy atom. The molecule has 0 radical (unpaired) electrons. The molecular weight excluding hydrogens is 700 g/mol. The van der Waals surface area contributed by atoms with Crippen molar-refractivity contribution in [2.24, 2.45) is 0 Å². The summed E-state index contributed by atoms with van der Waals surface area (Å²) in [5.41, 5.74) is -0.0826. The van der Waals surface area contributed by atoms with Crippen molar-refractivity contribution in [1.82, 2.24) is 10.6 Å². The Morgan fingerprint density at radius 3 is 1.33 bits per heavy atom. The van der Waals surface area contributed by atoms with E-state index >= 15 is 0 Å². The van der Waals surface area contributed by atoms with Gasteiger partial charge in [-0.15, -0.1) is 0 Å². The lowest BCUT2D eigenvalue weighted by Crippen LogP contribution is -2.31. The van der Waals surface area contributed by atoms with E-state index in [1.807, 2.05) is 0 Å². The molecule has 0 aliphatic heterocycles. The molecule has 0 unspecified atom stereocenters. The van der Waals surface area contributed by atoms with Crippen molar-refractivity contribution < 1.29 is 57.2 Å². The van der Waals surface area contributed by atoms with E-state index in [4.69, 9.17) is 28.4 Å². The summed E-state index contributed by atoms with van der Waals surface area (Å²) < 4.78 is 32.7. The van der Waals surface area contributed by atoms with Crippen molar-refractivity contribution in [1.29, 1.82) is 0 Å². The van der Waals surface area contributed by atoms with Gasteiger partial charge in [-0.1, -0.05) is 60.7 Å². The van der Waals surface area contributed by atoms with Crippen LogP contribution in [-0.4, -0.2) is 75.6 Å². The molecule has 0 bridgehead atoms. The summed E-state index contributed by atoms with van der Waals surface area (Å²) in [7, 11) is 0. The lowest BCUT2D eigenvalue weighted by atomic mass is 9.88. The Kier molecular flexibility index (Phi) is 14.7. The molecule has 282 valence electrons. The van der Waals surface area contributed by atoms with Gasteiger partial charge >= 0.3 is 36.1 Å². The van der Waals surface area contributed by atoms with Gasteiger partial charge in [0.25, 0.3) is 0 Å². The van der Waals surface area contributed by atoms with Crippen molar-refractivity contribution in [2.75, 3.05) is 39.5 Å². The monoisotopic (exact) mass is 740 g/mol. The van der Waals surface area contributed by atoms with Crippen molar-refractivity contribution >= 4 is 57.6 Å². The average molecular weight is 741 g/mol. The number of hydrogen-bond donors (Lipinski definition) is 2. The van der Waals surface area contributed by atoms with E-state index in [2.05, 4.69) is 10.6 Å². The van der Waals surface area contributed by atoms with Gasteiger partial charge in [-0.3, -0.25) is 0 Å². The van der Waals surface area contributed by atoms with Crippen LogP contribution in [0.3, 0.4) is 0 Å². The number of carbonyl (C=O) groups excluding carboxylic acids is 6.